The Morgan fingerprint density at radius 1 is 0.880 bits per heavy atom. The normalized spacial score (nSPS) is 11.8. The van der Waals surface area contributed by atoms with Crippen LogP contribution in [-0.4, -0.2) is 25.2 Å². The number of carbonyl (C=O) groups is 2. The molecule has 0 saturated heterocycles. The standard InChI is InChI=1S/C20H21ClO4/c1-3-24-19(22)18(20(23)25-4-2)17(14-9-6-5-7-10-14)15-11-8-12-16(21)13-15/h5-13,17-18H,3-4H2,1-2H3/t17-/m0/s1. The van der Waals surface area contributed by atoms with Crippen LogP contribution < -0.4 is 0 Å². The van der Waals surface area contributed by atoms with Crippen LogP contribution in [0.4, 0.5) is 0 Å². The van der Waals surface area contributed by atoms with Crippen molar-refractivity contribution in [3.05, 3.63) is 70.7 Å². The summed E-state index contributed by atoms with van der Waals surface area (Å²) in [5.41, 5.74) is 1.57. The van der Waals surface area contributed by atoms with Crippen LogP contribution in [0.1, 0.15) is 30.9 Å². The van der Waals surface area contributed by atoms with Gasteiger partial charge in [0.05, 0.1) is 13.2 Å². The highest BCUT2D eigenvalue weighted by atomic mass is 35.5. The van der Waals surface area contributed by atoms with E-state index < -0.39 is 23.8 Å². The summed E-state index contributed by atoms with van der Waals surface area (Å²) in [6.45, 7) is 3.78. The topological polar surface area (TPSA) is 52.6 Å². The Morgan fingerprint density at radius 2 is 1.44 bits per heavy atom. The Morgan fingerprint density at radius 3 is 1.96 bits per heavy atom. The van der Waals surface area contributed by atoms with Crippen LogP contribution in [0.2, 0.25) is 5.02 Å². The Balaban J connectivity index is 2.57. The van der Waals surface area contributed by atoms with Crippen LogP contribution >= 0.6 is 11.6 Å². The van der Waals surface area contributed by atoms with Crippen molar-refractivity contribution in [2.24, 2.45) is 5.92 Å². The summed E-state index contributed by atoms with van der Waals surface area (Å²) < 4.78 is 10.3. The van der Waals surface area contributed by atoms with E-state index in [1.54, 1.807) is 32.0 Å². The van der Waals surface area contributed by atoms with Crippen molar-refractivity contribution in [2.75, 3.05) is 13.2 Å². The number of rotatable bonds is 7. The summed E-state index contributed by atoms with van der Waals surface area (Å²) in [7, 11) is 0. The lowest BCUT2D eigenvalue weighted by atomic mass is 9.80. The quantitative estimate of drug-likeness (QED) is 0.548. The summed E-state index contributed by atoms with van der Waals surface area (Å²) in [4.78, 5) is 25.2. The molecule has 0 aliphatic heterocycles. The highest BCUT2D eigenvalue weighted by molar-refractivity contribution is 6.30. The van der Waals surface area contributed by atoms with Crippen LogP contribution in [0.5, 0.6) is 0 Å². The molecule has 1 atom stereocenters. The summed E-state index contributed by atoms with van der Waals surface area (Å²) in [5.74, 6) is -2.84. The van der Waals surface area contributed by atoms with Gasteiger partial charge in [0.2, 0.25) is 0 Å². The second-order valence-corrected chi connectivity index (χ2v) is 5.86. The minimum atomic E-state index is -1.10. The van der Waals surface area contributed by atoms with Gasteiger partial charge >= 0.3 is 11.9 Å². The molecule has 25 heavy (non-hydrogen) atoms. The SMILES string of the molecule is CCOC(=O)C(C(=O)OCC)[C@@H](c1ccccc1)c1cccc(Cl)c1. The molecule has 2 aromatic rings. The lowest BCUT2D eigenvalue weighted by molar-refractivity contribution is -0.162. The third-order valence-electron chi connectivity index (χ3n) is 3.78. The third-order valence-corrected chi connectivity index (χ3v) is 4.02. The van der Waals surface area contributed by atoms with E-state index >= 15 is 0 Å². The second-order valence-electron chi connectivity index (χ2n) is 5.43. The number of esters is 2. The maximum Gasteiger partial charge on any atom is 0.321 e. The van der Waals surface area contributed by atoms with E-state index in [1.165, 1.54) is 0 Å². The number of hydrogen-bond donors (Lipinski definition) is 0. The van der Waals surface area contributed by atoms with E-state index in [2.05, 4.69) is 0 Å². The molecule has 0 amide bonds. The highest BCUT2D eigenvalue weighted by Gasteiger charge is 2.39. The van der Waals surface area contributed by atoms with Gasteiger partial charge in [-0.15, -0.1) is 0 Å². The number of hydrogen-bond acceptors (Lipinski definition) is 4. The van der Waals surface area contributed by atoms with Crippen LogP contribution in [0, 0.1) is 5.92 Å². The van der Waals surface area contributed by atoms with Gasteiger partial charge in [-0.25, -0.2) is 0 Å². The third kappa shape index (κ3) is 4.83. The fraction of sp³-hybridized carbons (Fsp3) is 0.300. The maximum atomic E-state index is 12.6. The van der Waals surface area contributed by atoms with Crippen LogP contribution in [0.3, 0.4) is 0 Å². The molecule has 0 fully saturated rings. The first-order valence-electron chi connectivity index (χ1n) is 8.22. The summed E-state index contributed by atoms with van der Waals surface area (Å²) in [5, 5.41) is 0.532. The first-order valence-corrected chi connectivity index (χ1v) is 8.60. The predicted molar refractivity (Wildman–Crippen MR) is 96.5 cm³/mol. The Bertz CT molecular complexity index is 697. The molecule has 0 aliphatic rings. The molecule has 0 unspecified atom stereocenters. The van der Waals surface area contributed by atoms with Gasteiger partial charge in [0.15, 0.2) is 5.92 Å². The monoisotopic (exact) mass is 360 g/mol. The lowest BCUT2D eigenvalue weighted by Crippen LogP contribution is -2.34. The molecule has 0 saturated carbocycles. The van der Waals surface area contributed by atoms with Crippen molar-refractivity contribution in [3.63, 3.8) is 0 Å². The average Bonchev–Trinajstić information content (AvgIpc) is 2.60. The maximum absolute atomic E-state index is 12.6. The molecule has 5 heteroatoms. The van der Waals surface area contributed by atoms with E-state index in [-0.39, 0.29) is 13.2 Å². The lowest BCUT2D eigenvalue weighted by Gasteiger charge is -2.25. The van der Waals surface area contributed by atoms with E-state index in [0.29, 0.717) is 5.02 Å². The molecule has 0 aromatic heterocycles. The molecule has 0 bridgehead atoms. The minimum Gasteiger partial charge on any atom is -0.465 e. The van der Waals surface area contributed by atoms with Crippen molar-refractivity contribution >= 4 is 23.5 Å². The molecule has 4 nitrogen and oxygen atoms in total. The average molecular weight is 361 g/mol. The number of ether oxygens (including phenoxy) is 2. The Kier molecular flexibility index (Phi) is 7.02. The van der Waals surface area contributed by atoms with Gasteiger partial charge in [0.25, 0.3) is 0 Å². The Labute approximate surface area is 152 Å². The molecule has 132 valence electrons. The van der Waals surface area contributed by atoms with Gasteiger partial charge in [-0.05, 0) is 37.1 Å². The van der Waals surface area contributed by atoms with Gasteiger partial charge in [-0.1, -0.05) is 54.1 Å². The van der Waals surface area contributed by atoms with E-state index in [1.807, 2.05) is 36.4 Å². The molecule has 0 spiro atoms. The zero-order valence-corrected chi connectivity index (χ0v) is 15.0. The van der Waals surface area contributed by atoms with E-state index in [9.17, 15) is 9.59 Å². The van der Waals surface area contributed by atoms with Gasteiger partial charge in [0, 0.05) is 10.9 Å². The summed E-state index contributed by atoms with van der Waals surface area (Å²) in [6.07, 6.45) is 0. The first-order chi connectivity index (χ1) is 12.1. The van der Waals surface area contributed by atoms with Gasteiger partial charge in [-0.2, -0.15) is 0 Å². The summed E-state index contributed by atoms with van der Waals surface area (Å²) in [6, 6.07) is 16.5. The van der Waals surface area contributed by atoms with Crippen molar-refractivity contribution in [3.8, 4) is 0 Å². The fourth-order valence-electron chi connectivity index (χ4n) is 2.77. The molecule has 2 aromatic carbocycles. The van der Waals surface area contributed by atoms with Gasteiger partial charge < -0.3 is 9.47 Å². The number of halogens is 1. The van der Waals surface area contributed by atoms with Gasteiger partial charge in [-0.3, -0.25) is 9.59 Å². The zero-order valence-electron chi connectivity index (χ0n) is 14.3. The van der Waals surface area contributed by atoms with Crippen LogP contribution in [0.25, 0.3) is 0 Å². The molecule has 2 rings (SSSR count). The summed E-state index contributed by atoms with van der Waals surface area (Å²) >= 11 is 6.13. The molecule has 0 heterocycles. The molecule has 0 aliphatic carbocycles. The smallest absolute Gasteiger partial charge is 0.321 e. The van der Waals surface area contributed by atoms with Crippen molar-refractivity contribution in [2.45, 2.75) is 19.8 Å². The van der Waals surface area contributed by atoms with E-state index in [4.69, 9.17) is 21.1 Å². The fourth-order valence-corrected chi connectivity index (χ4v) is 2.97. The van der Waals surface area contributed by atoms with Crippen molar-refractivity contribution < 1.29 is 19.1 Å². The molecular formula is C20H21ClO4. The molecule has 0 N–H and O–H groups in total. The number of benzene rings is 2. The highest BCUT2D eigenvalue weighted by Crippen LogP contribution is 2.35. The molecule has 0 radical (unpaired) electrons. The minimum absolute atomic E-state index is 0.186. The van der Waals surface area contributed by atoms with Crippen molar-refractivity contribution in [1.82, 2.24) is 0 Å². The van der Waals surface area contributed by atoms with Crippen LogP contribution in [0.15, 0.2) is 54.6 Å². The zero-order chi connectivity index (χ0) is 18.2. The van der Waals surface area contributed by atoms with Crippen LogP contribution in [-0.2, 0) is 19.1 Å². The van der Waals surface area contributed by atoms with E-state index in [0.717, 1.165) is 11.1 Å². The van der Waals surface area contributed by atoms with Crippen molar-refractivity contribution in [1.29, 1.82) is 0 Å². The largest absolute Gasteiger partial charge is 0.465 e. The number of carbonyl (C=O) groups excluding carboxylic acids is 2. The Hall–Kier alpha value is -2.33. The predicted octanol–water partition coefficient (Wildman–Crippen LogP) is 4.21. The first kappa shape index (κ1) is 19.0. The second kappa shape index (κ2) is 9.23. The van der Waals surface area contributed by atoms with Gasteiger partial charge in [0.1, 0.15) is 0 Å². The molecular weight excluding hydrogens is 340 g/mol.